The summed E-state index contributed by atoms with van der Waals surface area (Å²) in [6, 6.07) is 6.08. The second kappa shape index (κ2) is 3.77. The van der Waals surface area contributed by atoms with Gasteiger partial charge in [-0.3, -0.25) is 0 Å². The molecule has 0 unspecified atom stereocenters. The topological polar surface area (TPSA) is 62.1 Å². The van der Waals surface area contributed by atoms with Crippen molar-refractivity contribution in [3.63, 3.8) is 0 Å². The molecular formula is C13H14N4O2. The highest BCUT2D eigenvalue weighted by molar-refractivity contribution is 5.51. The van der Waals surface area contributed by atoms with Crippen molar-refractivity contribution in [3.05, 3.63) is 29.6 Å². The smallest absolute Gasteiger partial charge is 0.200 e. The van der Waals surface area contributed by atoms with Crippen LogP contribution >= 0.6 is 0 Å². The molecule has 0 N–H and O–H groups in total. The van der Waals surface area contributed by atoms with Crippen LogP contribution in [0.3, 0.4) is 0 Å². The van der Waals surface area contributed by atoms with Gasteiger partial charge in [0.05, 0.1) is 13.2 Å². The fourth-order valence-electron chi connectivity index (χ4n) is 2.80. The van der Waals surface area contributed by atoms with E-state index in [2.05, 4.69) is 15.5 Å². The zero-order valence-corrected chi connectivity index (χ0v) is 10.7. The van der Waals surface area contributed by atoms with Crippen molar-refractivity contribution in [2.24, 2.45) is 0 Å². The summed E-state index contributed by atoms with van der Waals surface area (Å²) < 4.78 is 13.5. The van der Waals surface area contributed by atoms with Gasteiger partial charge in [-0.1, -0.05) is 6.07 Å². The molecule has 0 amide bonds. The summed E-state index contributed by atoms with van der Waals surface area (Å²) in [5, 5.41) is 12.1. The molecule has 4 rings (SSSR count). The number of nitrogens with zero attached hydrogens (tertiary/aromatic N) is 4. The standard InChI is InChI=1S/C13H14N4O2/c1-9-2-3-11-10(8-9)17-12(14-15-16-17)13(19-11)4-6-18-7-5-13/h2-3,8H,4-7H2,1H3. The van der Waals surface area contributed by atoms with E-state index in [1.807, 2.05) is 25.1 Å². The number of tetrazole rings is 1. The lowest BCUT2D eigenvalue weighted by atomic mass is 9.91. The first-order valence-electron chi connectivity index (χ1n) is 6.45. The first-order chi connectivity index (χ1) is 9.28. The molecule has 0 bridgehead atoms. The van der Waals surface area contributed by atoms with Crippen LogP contribution in [0.5, 0.6) is 5.75 Å². The fraction of sp³-hybridized carbons (Fsp3) is 0.462. The summed E-state index contributed by atoms with van der Waals surface area (Å²) in [7, 11) is 0. The molecule has 0 radical (unpaired) electrons. The summed E-state index contributed by atoms with van der Waals surface area (Å²) >= 11 is 0. The highest BCUT2D eigenvalue weighted by atomic mass is 16.5. The number of hydrogen-bond acceptors (Lipinski definition) is 5. The third kappa shape index (κ3) is 1.49. The molecule has 19 heavy (non-hydrogen) atoms. The fourth-order valence-corrected chi connectivity index (χ4v) is 2.80. The summed E-state index contributed by atoms with van der Waals surface area (Å²) in [5.74, 6) is 1.63. The maximum atomic E-state index is 6.26. The Kier molecular flexibility index (Phi) is 2.17. The number of rotatable bonds is 0. The van der Waals surface area contributed by atoms with E-state index in [1.54, 1.807) is 4.68 Å². The van der Waals surface area contributed by atoms with Crippen LogP contribution in [0.25, 0.3) is 5.69 Å². The van der Waals surface area contributed by atoms with Crippen molar-refractivity contribution < 1.29 is 9.47 Å². The average molecular weight is 258 g/mol. The lowest BCUT2D eigenvalue weighted by molar-refractivity contribution is -0.0610. The van der Waals surface area contributed by atoms with Crippen LogP contribution in [0.2, 0.25) is 0 Å². The number of aromatic nitrogens is 4. The van der Waals surface area contributed by atoms with Crippen LogP contribution in [0.15, 0.2) is 18.2 Å². The highest BCUT2D eigenvalue weighted by Gasteiger charge is 2.45. The van der Waals surface area contributed by atoms with E-state index in [-0.39, 0.29) is 0 Å². The van der Waals surface area contributed by atoms with Gasteiger partial charge in [-0.25, -0.2) is 0 Å². The molecule has 2 aromatic rings. The van der Waals surface area contributed by atoms with Gasteiger partial charge in [-0.2, -0.15) is 4.68 Å². The third-order valence-corrected chi connectivity index (χ3v) is 3.83. The van der Waals surface area contributed by atoms with Gasteiger partial charge in [0, 0.05) is 12.8 Å². The number of fused-ring (bicyclic) bond motifs is 4. The molecule has 98 valence electrons. The third-order valence-electron chi connectivity index (χ3n) is 3.83. The van der Waals surface area contributed by atoms with Gasteiger partial charge < -0.3 is 9.47 Å². The largest absolute Gasteiger partial charge is 0.477 e. The molecule has 1 spiro atoms. The maximum Gasteiger partial charge on any atom is 0.200 e. The number of hydrogen-bond donors (Lipinski definition) is 0. The highest BCUT2D eigenvalue weighted by Crippen LogP contribution is 2.42. The zero-order valence-electron chi connectivity index (χ0n) is 10.7. The predicted molar refractivity (Wildman–Crippen MR) is 66.3 cm³/mol. The van der Waals surface area contributed by atoms with Crippen LogP contribution in [0.1, 0.15) is 24.2 Å². The zero-order chi connectivity index (χ0) is 12.9. The van der Waals surface area contributed by atoms with Gasteiger partial charge in [0.15, 0.2) is 5.60 Å². The van der Waals surface area contributed by atoms with E-state index in [9.17, 15) is 0 Å². The van der Waals surface area contributed by atoms with Gasteiger partial charge in [0.25, 0.3) is 0 Å². The van der Waals surface area contributed by atoms with E-state index in [0.717, 1.165) is 35.7 Å². The molecule has 6 heteroatoms. The van der Waals surface area contributed by atoms with E-state index in [1.165, 1.54) is 0 Å². The Morgan fingerprint density at radius 1 is 1.26 bits per heavy atom. The Bertz CT molecular complexity index is 631. The molecule has 1 aromatic heterocycles. The van der Waals surface area contributed by atoms with Gasteiger partial charge in [-0.05, 0) is 35.0 Å². The summed E-state index contributed by atoms with van der Waals surface area (Å²) in [4.78, 5) is 0. The van der Waals surface area contributed by atoms with Crippen molar-refractivity contribution in [1.82, 2.24) is 20.2 Å². The monoisotopic (exact) mass is 258 g/mol. The second-order valence-corrected chi connectivity index (χ2v) is 5.09. The lowest BCUT2D eigenvalue weighted by Gasteiger charge is -2.39. The molecule has 1 fully saturated rings. The Morgan fingerprint density at radius 3 is 2.95 bits per heavy atom. The summed E-state index contributed by atoms with van der Waals surface area (Å²) in [5.41, 5.74) is 1.63. The Labute approximate surface area is 110 Å². The van der Waals surface area contributed by atoms with Crippen molar-refractivity contribution >= 4 is 0 Å². The van der Waals surface area contributed by atoms with E-state index >= 15 is 0 Å². The van der Waals surface area contributed by atoms with Crippen molar-refractivity contribution in [1.29, 1.82) is 0 Å². The normalized spacial score (nSPS) is 19.6. The molecule has 6 nitrogen and oxygen atoms in total. The molecule has 2 aliphatic heterocycles. The molecule has 0 aliphatic carbocycles. The van der Waals surface area contributed by atoms with E-state index in [4.69, 9.17) is 9.47 Å². The Hall–Kier alpha value is -1.95. The van der Waals surface area contributed by atoms with Crippen LogP contribution in [-0.4, -0.2) is 33.4 Å². The lowest BCUT2D eigenvalue weighted by Crippen LogP contribution is -2.44. The first kappa shape index (κ1) is 10.9. The molecule has 1 saturated heterocycles. The summed E-state index contributed by atoms with van der Waals surface area (Å²) in [6.07, 6.45) is 1.56. The predicted octanol–water partition coefficient (Wildman–Crippen LogP) is 1.37. The summed E-state index contributed by atoms with van der Waals surface area (Å²) in [6.45, 7) is 3.39. The van der Waals surface area contributed by atoms with Gasteiger partial charge in [0.2, 0.25) is 5.82 Å². The number of aryl methyl sites for hydroxylation is 1. The minimum absolute atomic E-state index is 0.440. The van der Waals surface area contributed by atoms with Crippen LogP contribution in [-0.2, 0) is 10.3 Å². The van der Waals surface area contributed by atoms with Crippen molar-refractivity contribution in [3.8, 4) is 11.4 Å². The molecule has 0 atom stereocenters. The van der Waals surface area contributed by atoms with Crippen molar-refractivity contribution in [2.45, 2.75) is 25.4 Å². The molecule has 2 aliphatic rings. The molecule has 3 heterocycles. The second-order valence-electron chi connectivity index (χ2n) is 5.09. The average Bonchev–Trinajstić information content (AvgIpc) is 2.92. The van der Waals surface area contributed by atoms with Crippen LogP contribution in [0.4, 0.5) is 0 Å². The SMILES string of the molecule is Cc1ccc2c(c1)-n1nnnc1C1(CCOCC1)O2. The maximum absolute atomic E-state index is 6.26. The van der Waals surface area contributed by atoms with Crippen molar-refractivity contribution in [2.75, 3.05) is 13.2 Å². The minimum atomic E-state index is -0.440. The Balaban J connectivity index is 1.91. The molecular weight excluding hydrogens is 244 g/mol. The Morgan fingerprint density at radius 2 is 2.11 bits per heavy atom. The van der Waals surface area contributed by atoms with E-state index in [0.29, 0.717) is 13.2 Å². The first-order valence-corrected chi connectivity index (χ1v) is 6.45. The van der Waals surface area contributed by atoms with Crippen LogP contribution in [0, 0.1) is 6.92 Å². The minimum Gasteiger partial charge on any atom is -0.477 e. The van der Waals surface area contributed by atoms with Gasteiger partial charge in [0.1, 0.15) is 11.4 Å². The number of ether oxygens (including phenoxy) is 2. The number of benzene rings is 1. The molecule has 1 aromatic carbocycles. The van der Waals surface area contributed by atoms with E-state index < -0.39 is 5.60 Å². The molecule has 0 saturated carbocycles. The quantitative estimate of drug-likeness (QED) is 0.714. The van der Waals surface area contributed by atoms with Gasteiger partial charge >= 0.3 is 0 Å². The van der Waals surface area contributed by atoms with Crippen LogP contribution < -0.4 is 4.74 Å². The van der Waals surface area contributed by atoms with Gasteiger partial charge in [-0.15, -0.1) is 5.10 Å².